The van der Waals surface area contributed by atoms with Gasteiger partial charge in [-0.2, -0.15) is 0 Å². The summed E-state index contributed by atoms with van der Waals surface area (Å²) in [6.45, 7) is 0. The van der Waals surface area contributed by atoms with Crippen LogP contribution in [0.1, 0.15) is 22.7 Å². The number of aliphatic hydroxyl groups is 1. The Kier molecular flexibility index (Phi) is 8.20. The fraction of sp³-hybridized carbons (Fsp3) is 0.103. The monoisotopic (exact) mass is 591 g/mol. The number of anilines is 1. The third-order valence-corrected chi connectivity index (χ3v) is 8.48. The maximum Gasteiger partial charge on any atom is 0.296 e. The van der Waals surface area contributed by atoms with Crippen LogP contribution in [0.3, 0.4) is 0 Å². The molecule has 1 amide bonds. The number of allylic oxidation sites excluding steroid dienone is 1. The molecule has 0 saturated carbocycles. The average Bonchev–Trinajstić information content (AvgIpc) is 3.54. The summed E-state index contributed by atoms with van der Waals surface area (Å²) in [5.41, 5.74) is 2.14. The number of benzene rings is 3. The van der Waals surface area contributed by atoms with Crippen molar-refractivity contribution in [1.82, 2.24) is 10.2 Å². The molecule has 2 heterocycles. The number of hydrogen-bond acceptors (Lipinski definition) is 9. The van der Waals surface area contributed by atoms with Crippen molar-refractivity contribution in [1.29, 1.82) is 0 Å². The van der Waals surface area contributed by atoms with Gasteiger partial charge in [0, 0.05) is 10.8 Å². The first-order valence-electron chi connectivity index (χ1n) is 12.0. The third-order valence-electron chi connectivity index (χ3n) is 6.10. The zero-order valence-corrected chi connectivity index (χ0v) is 23.4. The number of ether oxygens (including phenoxy) is 1. The van der Waals surface area contributed by atoms with Crippen LogP contribution in [0.2, 0.25) is 5.02 Å². The quantitative estimate of drug-likeness (QED) is 0.131. The number of aromatic hydroxyl groups is 1. The molecule has 1 aliphatic rings. The lowest BCUT2D eigenvalue weighted by atomic mass is 9.95. The Morgan fingerprint density at radius 2 is 1.85 bits per heavy atom. The molecule has 0 fully saturated rings. The van der Waals surface area contributed by atoms with Crippen molar-refractivity contribution in [3.05, 3.63) is 112 Å². The van der Waals surface area contributed by atoms with Gasteiger partial charge in [0.05, 0.1) is 18.7 Å². The Morgan fingerprint density at radius 1 is 1.10 bits per heavy atom. The zero-order valence-electron chi connectivity index (χ0n) is 21.0. The van der Waals surface area contributed by atoms with Crippen LogP contribution in [0.15, 0.2) is 94.5 Å². The normalized spacial score (nSPS) is 15.3. The standard InChI is InChI=1S/C29H22ClN3O5S2/c1-38-23-15-19(10-14-21(23)34)25-24(22(35)13-9-17-5-3-2-4-6-17)26(36)27(37)33(25)28-31-32-29(40-28)39-16-18-7-11-20(30)12-8-18/h2-15,25,34,36H,16H2,1H3. The molecule has 0 saturated heterocycles. The van der Waals surface area contributed by atoms with E-state index in [9.17, 15) is 19.8 Å². The van der Waals surface area contributed by atoms with E-state index in [1.54, 1.807) is 12.1 Å². The topological polar surface area (TPSA) is 113 Å². The van der Waals surface area contributed by atoms with Gasteiger partial charge in [0.25, 0.3) is 5.91 Å². The number of phenols is 1. The number of nitrogens with zero attached hydrogens (tertiary/aromatic N) is 3. The van der Waals surface area contributed by atoms with Gasteiger partial charge >= 0.3 is 0 Å². The fourth-order valence-electron chi connectivity index (χ4n) is 4.14. The number of halogens is 1. The first kappa shape index (κ1) is 27.4. The minimum absolute atomic E-state index is 0.107. The number of rotatable bonds is 9. The van der Waals surface area contributed by atoms with Crippen LogP contribution < -0.4 is 9.64 Å². The van der Waals surface area contributed by atoms with Crippen LogP contribution in [0.4, 0.5) is 5.13 Å². The van der Waals surface area contributed by atoms with E-state index in [-0.39, 0.29) is 22.2 Å². The van der Waals surface area contributed by atoms with E-state index in [1.165, 1.54) is 53.3 Å². The van der Waals surface area contributed by atoms with Gasteiger partial charge in [-0.25, -0.2) is 0 Å². The van der Waals surface area contributed by atoms with E-state index in [2.05, 4.69) is 10.2 Å². The Labute approximate surface area is 243 Å². The van der Waals surface area contributed by atoms with E-state index >= 15 is 0 Å². The molecule has 4 aromatic rings. The van der Waals surface area contributed by atoms with Gasteiger partial charge in [0.15, 0.2) is 27.4 Å². The minimum Gasteiger partial charge on any atom is -0.504 e. The summed E-state index contributed by atoms with van der Waals surface area (Å²) >= 11 is 8.57. The van der Waals surface area contributed by atoms with Crippen molar-refractivity contribution in [3.8, 4) is 11.5 Å². The Hall–Kier alpha value is -4.12. The van der Waals surface area contributed by atoms with Gasteiger partial charge in [-0.3, -0.25) is 14.5 Å². The molecule has 40 heavy (non-hydrogen) atoms. The maximum atomic E-state index is 13.4. The minimum atomic E-state index is -1.03. The number of aromatic nitrogens is 2. The number of thioether (sulfide) groups is 1. The number of ketones is 1. The van der Waals surface area contributed by atoms with Crippen LogP contribution >= 0.6 is 34.7 Å². The molecule has 202 valence electrons. The molecule has 2 N–H and O–H groups in total. The number of carbonyl (C=O) groups is 2. The number of carbonyl (C=O) groups excluding carboxylic acids is 2. The van der Waals surface area contributed by atoms with Gasteiger partial charge in [-0.05, 0) is 47.0 Å². The number of phenolic OH excluding ortho intramolecular Hbond substituents is 1. The molecule has 0 spiro atoms. The molecule has 0 radical (unpaired) electrons. The molecule has 1 aromatic heterocycles. The number of aliphatic hydroxyl groups excluding tert-OH is 1. The number of methoxy groups -OCH3 is 1. The second kappa shape index (κ2) is 12.0. The predicted octanol–water partition coefficient (Wildman–Crippen LogP) is 6.38. The Bertz CT molecular complexity index is 1620. The highest BCUT2D eigenvalue weighted by atomic mass is 35.5. The molecule has 11 heteroatoms. The summed E-state index contributed by atoms with van der Waals surface area (Å²) in [5, 5.41) is 30.4. The van der Waals surface area contributed by atoms with E-state index in [0.717, 1.165) is 11.1 Å². The van der Waals surface area contributed by atoms with Crippen molar-refractivity contribution in [3.63, 3.8) is 0 Å². The smallest absolute Gasteiger partial charge is 0.296 e. The van der Waals surface area contributed by atoms with Crippen LogP contribution in [0.25, 0.3) is 6.08 Å². The first-order valence-corrected chi connectivity index (χ1v) is 14.2. The highest BCUT2D eigenvalue weighted by Gasteiger charge is 2.45. The van der Waals surface area contributed by atoms with Crippen LogP contribution in [0.5, 0.6) is 11.5 Å². The van der Waals surface area contributed by atoms with Crippen molar-refractivity contribution in [2.24, 2.45) is 0 Å². The van der Waals surface area contributed by atoms with Crippen molar-refractivity contribution >= 4 is 57.6 Å². The molecular weight excluding hydrogens is 570 g/mol. The van der Waals surface area contributed by atoms with Crippen molar-refractivity contribution in [2.45, 2.75) is 16.1 Å². The zero-order chi connectivity index (χ0) is 28.2. The summed E-state index contributed by atoms with van der Waals surface area (Å²) in [6.07, 6.45) is 2.93. The van der Waals surface area contributed by atoms with Crippen LogP contribution in [-0.2, 0) is 15.3 Å². The molecule has 1 aliphatic heterocycles. The van der Waals surface area contributed by atoms with Crippen molar-refractivity contribution in [2.75, 3.05) is 12.0 Å². The van der Waals surface area contributed by atoms with Gasteiger partial charge < -0.3 is 14.9 Å². The largest absolute Gasteiger partial charge is 0.504 e. The lowest BCUT2D eigenvalue weighted by Crippen LogP contribution is -2.30. The van der Waals surface area contributed by atoms with E-state index < -0.39 is 23.5 Å². The second-order valence-corrected chi connectivity index (χ2v) is 11.3. The lowest BCUT2D eigenvalue weighted by molar-refractivity contribution is -0.117. The lowest BCUT2D eigenvalue weighted by Gasteiger charge is -2.24. The summed E-state index contributed by atoms with van der Waals surface area (Å²) in [5.74, 6) is -1.35. The maximum absolute atomic E-state index is 13.4. The van der Waals surface area contributed by atoms with Crippen molar-refractivity contribution < 1.29 is 24.5 Å². The number of amides is 1. The molecule has 0 bridgehead atoms. The van der Waals surface area contributed by atoms with E-state index in [0.29, 0.717) is 20.7 Å². The third kappa shape index (κ3) is 5.74. The average molecular weight is 592 g/mol. The molecule has 3 aromatic carbocycles. The number of hydrogen-bond donors (Lipinski definition) is 2. The molecule has 0 aliphatic carbocycles. The highest BCUT2D eigenvalue weighted by molar-refractivity contribution is 8.00. The Balaban J connectivity index is 1.49. The predicted molar refractivity (Wildman–Crippen MR) is 156 cm³/mol. The van der Waals surface area contributed by atoms with E-state index in [4.69, 9.17) is 16.3 Å². The SMILES string of the molecule is COc1cc(C2C(C(=O)C=Cc3ccccc3)=C(O)C(=O)N2c2nnc(SCc3ccc(Cl)cc3)s2)ccc1O. The molecule has 5 rings (SSSR count). The molecule has 8 nitrogen and oxygen atoms in total. The Morgan fingerprint density at radius 3 is 2.58 bits per heavy atom. The van der Waals surface area contributed by atoms with Gasteiger partial charge in [-0.1, -0.05) is 89.3 Å². The van der Waals surface area contributed by atoms with Crippen LogP contribution in [0, 0.1) is 0 Å². The molecular formula is C29H22ClN3O5S2. The first-order chi connectivity index (χ1) is 19.4. The van der Waals surface area contributed by atoms with Gasteiger partial charge in [-0.15, -0.1) is 10.2 Å². The van der Waals surface area contributed by atoms with Gasteiger partial charge in [0.1, 0.15) is 0 Å². The van der Waals surface area contributed by atoms with Crippen LogP contribution in [-0.4, -0.2) is 39.2 Å². The second-order valence-electron chi connectivity index (χ2n) is 8.65. The summed E-state index contributed by atoms with van der Waals surface area (Å²) in [4.78, 5) is 28.1. The van der Waals surface area contributed by atoms with E-state index in [1.807, 2.05) is 54.6 Å². The summed E-state index contributed by atoms with van der Waals surface area (Å²) < 4.78 is 5.86. The molecule has 1 unspecified atom stereocenters. The highest BCUT2D eigenvalue weighted by Crippen LogP contribution is 2.44. The van der Waals surface area contributed by atoms with Gasteiger partial charge in [0.2, 0.25) is 5.13 Å². The summed E-state index contributed by atoms with van der Waals surface area (Å²) in [7, 11) is 1.40. The fourth-order valence-corrected chi connectivity index (χ4v) is 6.09. The summed E-state index contributed by atoms with van der Waals surface area (Å²) in [6, 6.07) is 20.1. The molecule has 1 atom stereocenters.